The number of carbonyl (C=O) groups excluding carboxylic acids is 2. The molecule has 1 unspecified atom stereocenters. The SMILES string of the molecule is COC(=O)c1c(C)[nH]c(C(=O)NCC(c2cccs2)N2CCCC2)c1C. The molecule has 3 heterocycles. The minimum Gasteiger partial charge on any atom is -0.465 e. The Hall–Kier alpha value is -2.12. The van der Waals surface area contributed by atoms with Crippen LogP contribution in [0.1, 0.15) is 55.9 Å². The Kier molecular flexibility index (Phi) is 5.78. The Morgan fingerprint density at radius 2 is 2.08 bits per heavy atom. The van der Waals surface area contributed by atoms with Crippen LogP contribution in [-0.2, 0) is 4.74 Å². The van der Waals surface area contributed by atoms with Crippen LogP contribution in [0.15, 0.2) is 17.5 Å². The summed E-state index contributed by atoms with van der Waals surface area (Å²) in [5.41, 5.74) is 2.13. The Labute approximate surface area is 157 Å². The Balaban J connectivity index is 1.74. The minimum absolute atomic E-state index is 0.192. The Bertz CT molecular complexity index is 776. The van der Waals surface area contributed by atoms with Crippen LogP contribution in [0.4, 0.5) is 0 Å². The number of nitrogens with one attached hydrogen (secondary N) is 2. The number of ether oxygens (including phenoxy) is 1. The maximum atomic E-state index is 12.7. The topological polar surface area (TPSA) is 74.4 Å². The number of thiophene rings is 1. The second-order valence-electron chi connectivity index (χ2n) is 6.60. The second-order valence-corrected chi connectivity index (χ2v) is 7.58. The van der Waals surface area contributed by atoms with Crippen LogP contribution in [0.5, 0.6) is 0 Å². The zero-order valence-electron chi connectivity index (χ0n) is 15.4. The lowest BCUT2D eigenvalue weighted by Gasteiger charge is -2.26. The minimum atomic E-state index is -0.427. The Morgan fingerprint density at radius 1 is 1.35 bits per heavy atom. The summed E-state index contributed by atoms with van der Waals surface area (Å²) in [5, 5.41) is 5.12. The van der Waals surface area contributed by atoms with Gasteiger partial charge < -0.3 is 15.0 Å². The molecule has 0 aromatic carbocycles. The van der Waals surface area contributed by atoms with E-state index < -0.39 is 5.97 Å². The van der Waals surface area contributed by atoms with Crippen LogP contribution in [-0.4, -0.2) is 48.5 Å². The smallest absolute Gasteiger partial charge is 0.339 e. The molecule has 7 heteroatoms. The van der Waals surface area contributed by atoms with Crippen molar-refractivity contribution >= 4 is 23.2 Å². The molecule has 1 saturated heterocycles. The third-order valence-electron chi connectivity index (χ3n) is 4.96. The fourth-order valence-electron chi connectivity index (χ4n) is 3.61. The van der Waals surface area contributed by atoms with E-state index >= 15 is 0 Å². The van der Waals surface area contributed by atoms with E-state index in [-0.39, 0.29) is 11.9 Å². The van der Waals surface area contributed by atoms with E-state index in [1.807, 2.05) is 6.07 Å². The molecule has 0 spiro atoms. The molecule has 1 aliphatic heterocycles. The number of hydrogen-bond acceptors (Lipinski definition) is 5. The molecule has 0 radical (unpaired) electrons. The summed E-state index contributed by atoms with van der Waals surface area (Å²) in [4.78, 5) is 31.4. The largest absolute Gasteiger partial charge is 0.465 e. The van der Waals surface area contributed by atoms with Crippen LogP contribution in [0, 0.1) is 13.8 Å². The van der Waals surface area contributed by atoms with Gasteiger partial charge in [-0.15, -0.1) is 11.3 Å². The highest BCUT2D eigenvalue weighted by Gasteiger charge is 2.26. The summed E-state index contributed by atoms with van der Waals surface area (Å²) in [5.74, 6) is -0.620. The molecule has 2 N–H and O–H groups in total. The van der Waals surface area contributed by atoms with E-state index in [2.05, 4.69) is 26.6 Å². The standard InChI is InChI=1S/C19H25N3O3S/c1-12-16(19(24)25-3)13(2)21-17(12)18(23)20-11-14(15-7-6-10-26-15)22-8-4-5-9-22/h6-7,10,14,21H,4-5,8-9,11H2,1-3H3,(H,20,23). The molecular weight excluding hydrogens is 350 g/mol. The first kappa shape index (κ1) is 18.7. The molecule has 2 aromatic heterocycles. The fourth-order valence-corrected chi connectivity index (χ4v) is 4.47. The number of aromatic nitrogens is 1. The van der Waals surface area contributed by atoms with Gasteiger partial charge in [-0.25, -0.2) is 4.79 Å². The van der Waals surface area contributed by atoms with Gasteiger partial charge in [0, 0.05) is 17.1 Å². The fraction of sp³-hybridized carbons (Fsp3) is 0.474. The first-order valence-electron chi connectivity index (χ1n) is 8.86. The lowest BCUT2D eigenvalue weighted by atomic mass is 10.1. The van der Waals surface area contributed by atoms with Crippen molar-refractivity contribution in [1.82, 2.24) is 15.2 Å². The van der Waals surface area contributed by atoms with Crippen molar-refractivity contribution in [3.05, 3.63) is 44.9 Å². The number of H-pyrrole nitrogens is 1. The van der Waals surface area contributed by atoms with Gasteiger partial charge in [0.25, 0.3) is 5.91 Å². The second kappa shape index (κ2) is 8.05. The highest BCUT2D eigenvalue weighted by Crippen LogP contribution is 2.28. The normalized spacial score (nSPS) is 15.8. The van der Waals surface area contributed by atoms with Crippen LogP contribution < -0.4 is 5.32 Å². The number of hydrogen-bond donors (Lipinski definition) is 2. The van der Waals surface area contributed by atoms with E-state index in [1.165, 1.54) is 24.8 Å². The molecule has 6 nitrogen and oxygen atoms in total. The first-order valence-corrected chi connectivity index (χ1v) is 9.74. The van der Waals surface area contributed by atoms with E-state index in [0.29, 0.717) is 29.1 Å². The molecule has 1 amide bonds. The molecule has 3 rings (SSSR count). The average molecular weight is 375 g/mol. The highest BCUT2D eigenvalue weighted by atomic mass is 32.1. The number of aryl methyl sites for hydroxylation is 1. The number of methoxy groups -OCH3 is 1. The summed E-state index contributed by atoms with van der Waals surface area (Å²) in [6, 6.07) is 4.36. The zero-order chi connectivity index (χ0) is 18.7. The average Bonchev–Trinajstić information content (AvgIpc) is 3.37. The van der Waals surface area contributed by atoms with Crippen LogP contribution >= 0.6 is 11.3 Å². The molecule has 0 aliphatic carbocycles. The van der Waals surface area contributed by atoms with Crippen LogP contribution in [0.25, 0.3) is 0 Å². The predicted molar refractivity (Wildman–Crippen MR) is 102 cm³/mol. The molecule has 1 aliphatic rings. The number of likely N-dealkylation sites (tertiary alicyclic amines) is 1. The third kappa shape index (κ3) is 3.68. The molecular formula is C19H25N3O3S. The number of rotatable bonds is 6. The van der Waals surface area contributed by atoms with Gasteiger partial charge in [0.15, 0.2) is 0 Å². The summed E-state index contributed by atoms with van der Waals surface area (Å²) >= 11 is 1.72. The van der Waals surface area contributed by atoms with Gasteiger partial charge in [0.2, 0.25) is 0 Å². The molecule has 2 aromatic rings. The summed E-state index contributed by atoms with van der Waals surface area (Å²) in [7, 11) is 1.34. The van der Waals surface area contributed by atoms with Gasteiger partial charge in [-0.1, -0.05) is 6.07 Å². The number of nitrogens with zero attached hydrogens (tertiary/aromatic N) is 1. The summed E-state index contributed by atoms with van der Waals surface area (Å²) in [6.45, 7) is 6.21. The molecule has 1 fully saturated rings. The van der Waals surface area contributed by atoms with Gasteiger partial charge in [0.1, 0.15) is 5.69 Å². The van der Waals surface area contributed by atoms with E-state index in [9.17, 15) is 9.59 Å². The van der Waals surface area contributed by atoms with Gasteiger partial charge in [-0.2, -0.15) is 0 Å². The van der Waals surface area contributed by atoms with E-state index in [1.54, 1.807) is 25.2 Å². The molecule has 140 valence electrons. The number of carbonyl (C=O) groups is 2. The summed E-state index contributed by atoms with van der Waals surface area (Å²) < 4.78 is 4.81. The third-order valence-corrected chi connectivity index (χ3v) is 5.94. The van der Waals surface area contributed by atoms with Crippen molar-refractivity contribution in [3.63, 3.8) is 0 Å². The van der Waals surface area contributed by atoms with Crippen molar-refractivity contribution in [2.75, 3.05) is 26.7 Å². The first-order chi connectivity index (χ1) is 12.5. The summed E-state index contributed by atoms with van der Waals surface area (Å²) in [6.07, 6.45) is 2.40. The van der Waals surface area contributed by atoms with Crippen molar-refractivity contribution in [1.29, 1.82) is 0 Å². The maximum Gasteiger partial charge on any atom is 0.339 e. The zero-order valence-corrected chi connectivity index (χ0v) is 16.2. The van der Waals surface area contributed by atoms with Crippen molar-refractivity contribution in [2.24, 2.45) is 0 Å². The molecule has 1 atom stereocenters. The monoisotopic (exact) mass is 375 g/mol. The molecule has 0 saturated carbocycles. The molecule has 26 heavy (non-hydrogen) atoms. The van der Waals surface area contributed by atoms with Crippen LogP contribution in [0.2, 0.25) is 0 Å². The van der Waals surface area contributed by atoms with Gasteiger partial charge in [-0.05, 0) is 56.8 Å². The van der Waals surface area contributed by atoms with Gasteiger partial charge >= 0.3 is 5.97 Å². The lowest BCUT2D eigenvalue weighted by Crippen LogP contribution is -2.36. The van der Waals surface area contributed by atoms with E-state index in [4.69, 9.17) is 4.74 Å². The van der Waals surface area contributed by atoms with Gasteiger partial charge in [-0.3, -0.25) is 9.69 Å². The number of aromatic amines is 1. The quantitative estimate of drug-likeness (QED) is 0.761. The van der Waals surface area contributed by atoms with E-state index in [0.717, 1.165) is 13.1 Å². The predicted octanol–water partition coefficient (Wildman–Crippen LogP) is 3.05. The Morgan fingerprint density at radius 3 is 2.69 bits per heavy atom. The number of amides is 1. The van der Waals surface area contributed by atoms with Crippen molar-refractivity contribution in [2.45, 2.75) is 32.7 Å². The van der Waals surface area contributed by atoms with Crippen molar-refractivity contribution in [3.8, 4) is 0 Å². The number of esters is 1. The van der Waals surface area contributed by atoms with Crippen molar-refractivity contribution < 1.29 is 14.3 Å². The van der Waals surface area contributed by atoms with Crippen LogP contribution in [0.3, 0.4) is 0 Å². The lowest BCUT2D eigenvalue weighted by molar-refractivity contribution is 0.0599. The highest BCUT2D eigenvalue weighted by molar-refractivity contribution is 7.10. The molecule has 0 bridgehead atoms. The van der Waals surface area contributed by atoms with Gasteiger partial charge in [0.05, 0.1) is 18.7 Å². The maximum absolute atomic E-state index is 12.7.